The molecule has 0 aliphatic rings. The number of nitrogens with zero attached hydrogens (tertiary/aromatic N) is 1. The number of benzene rings is 2. The molecule has 2 rings (SSSR count). The maximum absolute atomic E-state index is 5.72. The predicted molar refractivity (Wildman–Crippen MR) is 138 cm³/mol. The monoisotopic (exact) mass is 541 g/mol. The van der Waals surface area contributed by atoms with E-state index in [0.29, 0.717) is 6.61 Å². The molecule has 172 valence electrons. The Kier molecular flexibility index (Phi) is 14.5. The topological polar surface area (TPSA) is 64.1 Å². The van der Waals surface area contributed by atoms with Crippen LogP contribution < -0.4 is 20.1 Å². The van der Waals surface area contributed by atoms with Gasteiger partial charge in [-0.2, -0.15) is 0 Å². The van der Waals surface area contributed by atoms with Crippen molar-refractivity contribution in [2.45, 2.75) is 32.8 Å². The van der Waals surface area contributed by atoms with Crippen LogP contribution in [0.25, 0.3) is 0 Å². The van der Waals surface area contributed by atoms with Crippen molar-refractivity contribution in [3.8, 4) is 11.5 Å². The first-order valence-electron chi connectivity index (χ1n) is 10.6. The predicted octanol–water partition coefficient (Wildman–Crippen LogP) is 4.42. The minimum atomic E-state index is 0. The summed E-state index contributed by atoms with van der Waals surface area (Å²) in [7, 11) is 3.30. The molecule has 0 radical (unpaired) electrons. The summed E-state index contributed by atoms with van der Waals surface area (Å²) in [5.74, 6) is 2.35. The van der Waals surface area contributed by atoms with Crippen molar-refractivity contribution < 1.29 is 14.2 Å². The van der Waals surface area contributed by atoms with E-state index in [1.807, 2.05) is 30.3 Å². The molecule has 31 heavy (non-hydrogen) atoms. The number of guanidine groups is 1. The third-order valence-corrected chi connectivity index (χ3v) is 4.58. The van der Waals surface area contributed by atoms with Gasteiger partial charge < -0.3 is 24.8 Å². The molecule has 0 unspecified atom stereocenters. The maximum atomic E-state index is 5.72. The molecule has 0 aromatic heterocycles. The van der Waals surface area contributed by atoms with Gasteiger partial charge in [0, 0.05) is 26.2 Å². The fourth-order valence-corrected chi connectivity index (χ4v) is 2.97. The van der Waals surface area contributed by atoms with E-state index in [4.69, 9.17) is 14.2 Å². The molecule has 2 aromatic rings. The van der Waals surface area contributed by atoms with E-state index < -0.39 is 0 Å². The van der Waals surface area contributed by atoms with Crippen molar-refractivity contribution in [2.75, 3.05) is 40.5 Å². The lowest BCUT2D eigenvalue weighted by Gasteiger charge is -2.12. The second kappa shape index (κ2) is 16.7. The Labute approximate surface area is 203 Å². The van der Waals surface area contributed by atoms with Crippen molar-refractivity contribution in [2.24, 2.45) is 4.99 Å². The van der Waals surface area contributed by atoms with Crippen LogP contribution in [-0.4, -0.2) is 46.4 Å². The molecule has 0 aliphatic heterocycles. The Bertz CT molecular complexity index is 757. The summed E-state index contributed by atoms with van der Waals surface area (Å²) in [5, 5.41) is 6.69. The minimum absolute atomic E-state index is 0. The molecule has 0 saturated carbocycles. The number of rotatable bonds is 13. The van der Waals surface area contributed by atoms with Crippen molar-refractivity contribution in [1.29, 1.82) is 0 Å². The molecule has 6 nitrogen and oxygen atoms in total. The van der Waals surface area contributed by atoms with Gasteiger partial charge in [0.15, 0.2) is 17.5 Å². The van der Waals surface area contributed by atoms with Crippen molar-refractivity contribution in [3.05, 3.63) is 59.7 Å². The van der Waals surface area contributed by atoms with Gasteiger partial charge in [0.1, 0.15) is 0 Å². The first-order valence-corrected chi connectivity index (χ1v) is 10.6. The highest BCUT2D eigenvalue weighted by atomic mass is 127. The van der Waals surface area contributed by atoms with Crippen LogP contribution in [0.1, 0.15) is 30.9 Å². The van der Waals surface area contributed by atoms with E-state index >= 15 is 0 Å². The lowest BCUT2D eigenvalue weighted by Crippen LogP contribution is -2.38. The molecule has 0 bridgehead atoms. The minimum Gasteiger partial charge on any atom is -0.493 e. The number of hydrogen-bond donors (Lipinski definition) is 2. The van der Waals surface area contributed by atoms with Crippen LogP contribution >= 0.6 is 24.0 Å². The molecule has 7 heteroatoms. The Morgan fingerprint density at radius 3 is 2.39 bits per heavy atom. The number of unbranched alkanes of at least 4 members (excludes halogenated alkanes) is 1. The number of nitrogens with one attached hydrogen (secondary N) is 2. The lowest BCUT2D eigenvalue weighted by atomic mass is 10.1. The average Bonchev–Trinajstić information content (AvgIpc) is 2.79. The summed E-state index contributed by atoms with van der Waals surface area (Å²) in [6, 6.07) is 16.3. The van der Waals surface area contributed by atoms with Crippen LogP contribution in [0.5, 0.6) is 11.5 Å². The fraction of sp³-hybridized carbons (Fsp3) is 0.458. The van der Waals surface area contributed by atoms with Crippen LogP contribution in [0.3, 0.4) is 0 Å². The SMILES string of the molecule is CCNC(=NCCCCOCc1ccccc1)NCCc1ccc(OC)c(OC)c1.I. The zero-order chi connectivity index (χ0) is 21.4. The molecule has 0 atom stereocenters. The smallest absolute Gasteiger partial charge is 0.191 e. The number of hydrogen-bond acceptors (Lipinski definition) is 4. The molecule has 2 aromatic carbocycles. The highest BCUT2D eigenvalue weighted by Crippen LogP contribution is 2.27. The molecule has 0 heterocycles. The Morgan fingerprint density at radius 1 is 0.903 bits per heavy atom. The van der Waals surface area contributed by atoms with Gasteiger partial charge in [-0.05, 0) is 49.4 Å². The van der Waals surface area contributed by atoms with E-state index in [1.54, 1.807) is 14.2 Å². The highest BCUT2D eigenvalue weighted by Gasteiger charge is 2.05. The van der Waals surface area contributed by atoms with E-state index in [9.17, 15) is 0 Å². The van der Waals surface area contributed by atoms with E-state index in [-0.39, 0.29) is 24.0 Å². The second-order valence-electron chi connectivity index (χ2n) is 6.87. The van der Waals surface area contributed by atoms with Gasteiger partial charge >= 0.3 is 0 Å². The van der Waals surface area contributed by atoms with E-state index in [0.717, 1.165) is 63.0 Å². The quantitative estimate of drug-likeness (QED) is 0.170. The Hall–Kier alpha value is -2.00. The first kappa shape index (κ1) is 27.0. The van der Waals surface area contributed by atoms with Crippen molar-refractivity contribution in [1.82, 2.24) is 10.6 Å². The molecular formula is C24H36IN3O3. The highest BCUT2D eigenvalue weighted by molar-refractivity contribution is 14.0. The summed E-state index contributed by atoms with van der Waals surface area (Å²) in [5.41, 5.74) is 2.40. The van der Waals surface area contributed by atoms with Crippen LogP contribution in [0.4, 0.5) is 0 Å². The first-order chi connectivity index (χ1) is 14.8. The number of ether oxygens (including phenoxy) is 3. The Balaban J connectivity index is 0.00000480. The van der Waals surface area contributed by atoms with E-state index in [2.05, 4.69) is 40.7 Å². The zero-order valence-corrected chi connectivity index (χ0v) is 21.2. The molecule has 0 aliphatic carbocycles. The van der Waals surface area contributed by atoms with Crippen LogP contribution in [0.15, 0.2) is 53.5 Å². The summed E-state index contributed by atoms with van der Waals surface area (Å²) in [4.78, 5) is 4.66. The normalized spacial score (nSPS) is 10.9. The van der Waals surface area contributed by atoms with Crippen LogP contribution in [0, 0.1) is 0 Å². The number of halogens is 1. The molecular weight excluding hydrogens is 505 g/mol. The summed E-state index contributed by atoms with van der Waals surface area (Å²) < 4.78 is 16.4. The average molecular weight is 541 g/mol. The maximum Gasteiger partial charge on any atom is 0.191 e. The summed E-state index contributed by atoms with van der Waals surface area (Å²) in [6.07, 6.45) is 2.88. The summed E-state index contributed by atoms with van der Waals surface area (Å²) >= 11 is 0. The second-order valence-corrected chi connectivity index (χ2v) is 6.87. The molecule has 0 saturated heterocycles. The molecule has 0 spiro atoms. The zero-order valence-electron chi connectivity index (χ0n) is 18.9. The third-order valence-electron chi connectivity index (χ3n) is 4.58. The molecule has 0 amide bonds. The number of aliphatic imine (C=N–C) groups is 1. The number of methoxy groups -OCH3 is 2. The van der Waals surface area contributed by atoms with Crippen molar-refractivity contribution in [3.63, 3.8) is 0 Å². The van der Waals surface area contributed by atoms with Gasteiger partial charge in [0.2, 0.25) is 0 Å². The van der Waals surface area contributed by atoms with Crippen molar-refractivity contribution >= 4 is 29.9 Å². The van der Waals surface area contributed by atoms with Gasteiger partial charge in [-0.25, -0.2) is 0 Å². The van der Waals surface area contributed by atoms with Gasteiger partial charge in [0.25, 0.3) is 0 Å². The standard InChI is InChI=1S/C24H35N3O3.HI/c1-4-25-24(26-15-8-9-17-30-19-21-10-6-5-7-11-21)27-16-14-20-12-13-22(28-2)23(18-20)29-3;/h5-7,10-13,18H,4,8-9,14-17,19H2,1-3H3,(H2,25,26,27);1H. The van der Waals surface area contributed by atoms with E-state index in [1.165, 1.54) is 11.1 Å². The summed E-state index contributed by atoms with van der Waals surface area (Å²) in [6.45, 7) is 5.91. The van der Waals surface area contributed by atoms with Crippen LogP contribution in [0.2, 0.25) is 0 Å². The van der Waals surface area contributed by atoms with Gasteiger partial charge in [-0.3, -0.25) is 4.99 Å². The fourth-order valence-electron chi connectivity index (χ4n) is 2.97. The molecule has 0 fully saturated rings. The Morgan fingerprint density at radius 2 is 1.68 bits per heavy atom. The van der Waals surface area contributed by atoms with Crippen LogP contribution in [-0.2, 0) is 17.8 Å². The largest absolute Gasteiger partial charge is 0.493 e. The third kappa shape index (κ3) is 10.7. The lowest BCUT2D eigenvalue weighted by molar-refractivity contribution is 0.117. The van der Waals surface area contributed by atoms with Gasteiger partial charge in [-0.15, -0.1) is 24.0 Å². The van der Waals surface area contributed by atoms with Gasteiger partial charge in [0.05, 0.1) is 20.8 Å². The molecule has 2 N–H and O–H groups in total. The van der Waals surface area contributed by atoms with Gasteiger partial charge in [-0.1, -0.05) is 36.4 Å².